The Bertz CT molecular complexity index is 1170. The number of hydrogen-bond donors (Lipinski definition) is 0. The molecule has 0 bridgehead atoms. The number of nitrogens with zero attached hydrogens (tertiary/aromatic N) is 5. The number of aryl methyl sites for hydroxylation is 1. The van der Waals surface area contributed by atoms with Crippen molar-refractivity contribution < 1.29 is 4.74 Å². The van der Waals surface area contributed by atoms with Crippen molar-refractivity contribution in [3.63, 3.8) is 0 Å². The Balaban J connectivity index is 2.21. The van der Waals surface area contributed by atoms with Crippen molar-refractivity contribution in [3.05, 3.63) is 45.1 Å². The molecule has 0 aliphatic rings. The third kappa shape index (κ3) is 4.13. The number of fused-ring (bicyclic) bond motifs is 1. The van der Waals surface area contributed by atoms with Crippen LogP contribution in [-0.4, -0.2) is 56.5 Å². The Kier molecular flexibility index (Phi) is 6.94. The molecule has 3 aromatic rings. The number of methoxy groups -OCH3 is 1. The van der Waals surface area contributed by atoms with Crippen molar-refractivity contribution in [2.24, 2.45) is 14.1 Å². The number of aromatic nitrogens is 4. The summed E-state index contributed by atoms with van der Waals surface area (Å²) in [5, 5.41) is 0.937. The summed E-state index contributed by atoms with van der Waals surface area (Å²) in [6.07, 6.45) is 0. The molecule has 0 radical (unpaired) electrons. The van der Waals surface area contributed by atoms with Crippen LogP contribution in [0.2, 0.25) is 0 Å². The molecule has 3 rings (SSSR count). The average Bonchev–Trinajstić information content (AvgIpc) is 2.78. The standard InChI is InChI=1S/C21H27N5O3S/c1-6-26(7-2)12-13-30-19-16-18(24(3)21(28)25(4)20(16)27)22-17(23-19)14-10-8-9-11-15(14)29-5/h8-11H,6-7,12-13H2,1-5H3. The van der Waals surface area contributed by atoms with Gasteiger partial charge in [-0.15, -0.1) is 11.8 Å². The summed E-state index contributed by atoms with van der Waals surface area (Å²) in [5.41, 5.74) is 0.228. The summed E-state index contributed by atoms with van der Waals surface area (Å²) >= 11 is 1.51. The topological polar surface area (TPSA) is 82.2 Å². The van der Waals surface area contributed by atoms with Crippen LogP contribution in [0.5, 0.6) is 5.75 Å². The van der Waals surface area contributed by atoms with Gasteiger partial charge in [-0.25, -0.2) is 14.8 Å². The lowest BCUT2D eigenvalue weighted by atomic mass is 10.2. The first kappa shape index (κ1) is 22.0. The molecule has 0 N–H and O–H groups in total. The quantitative estimate of drug-likeness (QED) is 0.401. The Hall–Kier alpha value is -2.65. The largest absolute Gasteiger partial charge is 0.496 e. The second kappa shape index (κ2) is 9.44. The van der Waals surface area contributed by atoms with Gasteiger partial charge in [0.2, 0.25) is 0 Å². The van der Waals surface area contributed by atoms with Gasteiger partial charge in [0.25, 0.3) is 5.56 Å². The lowest BCUT2D eigenvalue weighted by Crippen LogP contribution is -2.37. The number of benzene rings is 1. The first-order chi connectivity index (χ1) is 14.4. The molecule has 0 unspecified atom stereocenters. The molecule has 0 atom stereocenters. The van der Waals surface area contributed by atoms with Crippen LogP contribution >= 0.6 is 11.8 Å². The minimum absolute atomic E-state index is 0.323. The molecular formula is C21H27N5O3S. The molecule has 0 spiro atoms. The first-order valence-electron chi connectivity index (χ1n) is 9.89. The minimum atomic E-state index is -0.420. The van der Waals surface area contributed by atoms with Crippen molar-refractivity contribution in [1.82, 2.24) is 24.0 Å². The lowest BCUT2D eigenvalue weighted by Gasteiger charge is -2.18. The molecule has 0 aliphatic carbocycles. The van der Waals surface area contributed by atoms with Gasteiger partial charge in [-0.05, 0) is 25.2 Å². The van der Waals surface area contributed by atoms with E-state index in [4.69, 9.17) is 9.72 Å². The van der Waals surface area contributed by atoms with Crippen LogP contribution in [0, 0.1) is 0 Å². The fourth-order valence-corrected chi connectivity index (χ4v) is 4.31. The van der Waals surface area contributed by atoms with Crippen LogP contribution in [-0.2, 0) is 14.1 Å². The summed E-state index contributed by atoms with van der Waals surface area (Å²) in [5.74, 6) is 1.82. The van der Waals surface area contributed by atoms with Crippen LogP contribution in [0.3, 0.4) is 0 Å². The van der Waals surface area contributed by atoms with Gasteiger partial charge in [-0.3, -0.25) is 13.9 Å². The molecule has 160 valence electrons. The van der Waals surface area contributed by atoms with Crippen LogP contribution in [0.15, 0.2) is 38.9 Å². The van der Waals surface area contributed by atoms with E-state index in [0.717, 1.165) is 30.0 Å². The molecule has 0 amide bonds. The predicted molar refractivity (Wildman–Crippen MR) is 121 cm³/mol. The molecular weight excluding hydrogens is 402 g/mol. The fourth-order valence-electron chi connectivity index (χ4n) is 3.29. The molecule has 0 fully saturated rings. The smallest absolute Gasteiger partial charge is 0.332 e. The molecule has 2 heterocycles. The van der Waals surface area contributed by atoms with E-state index in [1.807, 2.05) is 24.3 Å². The van der Waals surface area contributed by atoms with E-state index >= 15 is 0 Å². The van der Waals surface area contributed by atoms with Crippen LogP contribution in [0.4, 0.5) is 0 Å². The van der Waals surface area contributed by atoms with E-state index in [1.54, 1.807) is 14.2 Å². The summed E-state index contributed by atoms with van der Waals surface area (Å²) in [4.78, 5) is 37.0. The van der Waals surface area contributed by atoms with Crippen molar-refractivity contribution in [2.45, 2.75) is 18.9 Å². The number of hydrogen-bond acceptors (Lipinski definition) is 7. The third-order valence-electron chi connectivity index (χ3n) is 5.16. The second-order valence-electron chi connectivity index (χ2n) is 6.83. The Morgan fingerprint density at radius 3 is 2.43 bits per heavy atom. The van der Waals surface area contributed by atoms with E-state index in [9.17, 15) is 9.59 Å². The maximum atomic E-state index is 12.9. The van der Waals surface area contributed by atoms with Gasteiger partial charge >= 0.3 is 5.69 Å². The van der Waals surface area contributed by atoms with E-state index in [1.165, 1.54) is 23.4 Å². The van der Waals surface area contributed by atoms with E-state index < -0.39 is 5.69 Å². The predicted octanol–water partition coefficient (Wildman–Crippen LogP) is 2.14. The summed E-state index contributed by atoms with van der Waals surface area (Å²) in [7, 11) is 4.68. The number of rotatable bonds is 8. The highest BCUT2D eigenvalue weighted by molar-refractivity contribution is 7.99. The molecule has 0 saturated heterocycles. The van der Waals surface area contributed by atoms with Crippen LogP contribution in [0.1, 0.15) is 13.8 Å². The first-order valence-corrected chi connectivity index (χ1v) is 10.9. The van der Waals surface area contributed by atoms with E-state index in [0.29, 0.717) is 33.2 Å². The SMILES string of the molecule is CCN(CC)CCSc1nc(-c2ccccc2OC)nc2c1c(=O)n(C)c(=O)n2C. The lowest BCUT2D eigenvalue weighted by molar-refractivity contribution is 0.324. The highest BCUT2D eigenvalue weighted by Crippen LogP contribution is 2.30. The van der Waals surface area contributed by atoms with E-state index in [-0.39, 0.29) is 5.56 Å². The highest BCUT2D eigenvalue weighted by Gasteiger charge is 2.19. The summed E-state index contributed by atoms with van der Waals surface area (Å²) in [6.45, 7) is 7.05. The molecule has 0 aliphatic heterocycles. The summed E-state index contributed by atoms with van der Waals surface area (Å²) in [6, 6.07) is 7.44. The number of ether oxygens (including phenoxy) is 1. The number of para-hydroxylation sites is 1. The van der Waals surface area contributed by atoms with Gasteiger partial charge in [0.15, 0.2) is 11.5 Å². The molecule has 9 heteroatoms. The maximum absolute atomic E-state index is 12.9. The second-order valence-corrected chi connectivity index (χ2v) is 7.92. The van der Waals surface area contributed by atoms with Gasteiger partial charge in [0, 0.05) is 26.4 Å². The van der Waals surface area contributed by atoms with Gasteiger partial charge in [-0.1, -0.05) is 26.0 Å². The van der Waals surface area contributed by atoms with E-state index in [2.05, 4.69) is 23.7 Å². The van der Waals surface area contributed by atoms with Crippen molar-refractivity contribution in [3.8, 4) is 17.1 Å². The van der Waals surface area contributed by atoms with Crippen molar-refractivity contribution >= 4 is 22.8 Å². The van der Waals surface area contributed by atoms with Crippen molar-refractivity contribution in [2.75, 3.05) is 32.5 Å². The third-order valence-corrected chi connectivity index (χ3v) is 6.11. The van der Waals surface area contributed by atoms with Gasteiger partial charge in [0.1, 0.15) is 16.2 Å². The molecule has 30 heavy (non-hydrogen) atoms. The van der Waals surface area contributed by atoms with Gasteiger partial charge < -0.3 is 9.64 Å². The highest BCUT2D eigenvalue weighted by atomic mass is 32.2. The summed E-state index contributed by atoms with van der Waals surface area (Å²) < 4.78 is 7.96. The zero-order valence-electron chi connectivity index (χ0n) is 18.0. The number of thioether (sulfide) groups is 1. The van der Waals surface area contributed by atoms with Gasteiger partial charge in [0.05, 0.1) is 12.7 Å². The molecule has 8 nitrogen and oxygen atoms in total. The Morgan fingerprint density at radius 1 is 1.07 bits per heavy atom. The Morgan fingerprint density at radius 2 is 1.77 bits per heavy atom. The fraction of sp³-hybridized carbons (Fsp3) is 0.429. The average molecular weight is 430 g/mol. The molecule has 0 saturated carbocycles. The van der Waals surface area contributed by atoms with Gasteiger partial charge in [-0.2, -0.15) is 0 Å². The Labute approximate surface area is 179 Å². The van der Waals surface area contributed by atoms with Crippen molar-refractivity contribution in [1.29, 1.82) is 0 Å². The normalized spacial score (nSPS) is 11.4. The van der Waals surface area contributed by atoms with Crippen LogP contribution < -0.4 is 16.0 Å². The minimum Gasteiger partial charge on any atom is -0.496 e. The molecule has 1 aromatic carbocycles. The molecule has 2 aromatic heterocycles. The zero-order valence-corrected chi connectivity index (χ0v) is 18.8. The van der Waals surface area contributed by atoms with Crippen LogP contribution in [0.25, 0.3) is 22.4 Å². The zero-order chi connectivity index (χ0) is 21.8. The maximum Gasteiger partial charge on any atom is 0.332 e. The monoisotopic (exact) mass is 429 g/mol.